The van der Waals surface area contributed by atoms with Gasteiger partial charge in [-0.2, -0.15) is 0 Å². The van der Waals surface area contributed by atoms with Crippen molar-refractivity contribution < 1.29 is 4.79 Å². The summed E-state index contributed by atoms with van der Waals surface area (Å²) < 4.78 is 2.19. The number of benzene rings is 2. The van der Waals surface area contributed by atoms with Crippen LogP contribution in [0.3, 0.4) is 0 Å². The molecule has 2 aromatic carbocycles. The molecule has 0 radical (unpaired) electrons. The fourth-order valence-corrected chi connectivity index (χ4v) is 3.15. The van der Waals surface area contributed by atoms with Crippen molar-refractivity contribution in [1.29, 1.82) is 0 Å². The van der Waals surface area contributed by atoms with Crippen molar-refractivity contribution in [2.75, 3.05) is 13.6 Å². The molecule has 25 heavy (non-hydrogen) atoms. The van der Waals surface area contributed by atoms with Gasteiger partial charge in [-0.1, -0.05) is 49.4 Å². The fourth-order valence-electron chi connectivity index (χ4n) is 3.15. The molecule has 0 saturated carbocycles. The molecule has 0 unspecified atom stereocenters. The Morgan fingerprint density at radius 2 is 1.80 bits per heavy atom. The van der Waals surface area contributed by atoms with E-state index in [4.69, 9.17) is 4.98 Å². The molecular weight excluding hydrogens is 310 g/mol. The SMILES string of the molecule is CCCN(C)C(=O)CCn1c(Cc2ccccc2)nc2ccccc21. The van der Waals surface area contributed by atoms with Gasteiger partial charge in [0, 0.05) is 33.0 Å². The Kier molecular flexibility index (Phi) is 5.49. The molecule has 0 aliphatic heterocycles. The number of rotatable bonds is 7. The van der Waals surface area contributed by atoms with Crippen LogP contribution in [0, 0.1) is 0 Å². The molecule has 0 atom stereocenters. The highest BCUT2D eigenvalue weighted by Crippen LogP contribution is 2.19. The van der Waals surface area contributed by atoms with Gasteiger partial charge in [0.25, 0.3) is 0 Å². The Morgan fingerprint density at radius 1 is 1.08 bits per heavy atom. The normalized spacial score (nSPS) is 11.0. The highest BCUT2D eigenvalue weighted by atomic mass is 16.2. The summed E-state index contributed by atoms with van der Waals surface area (Å²) in [7, 11) is 1.88. The highest BCUT2D eigenvalue weighted by molar-refractivity contribution is 5.78. The van der Waals surface area contributed by atoms with Crippen molar-refractivity contribution in [2.24, 2.45) is 0 Å². The van der Waals surface area contributed by atoms with Crippen molar-refractivity contribution in [1.82, 2.24) is 14.5 Å². The lowest BCUT2D eigenvalue weighted by Gasteiger charge is -2.17. The van der Waals surface area contributed by atoms with Gasteiger partial charge < -0.3 is 9.47 Å². The van der Waals surface area contributed by atoms with Gasteiger partial charge >= 0.3 is 0 Å². The topological polar surface area (TPSA) is 38.1 Å². The summed E-state index contributed by atoms with van der Waals surface area (Å²) in [6.45, 7) is 3.56. The maximum absolute atomic E-state index is 12.3. The second kappa shape index (κ2) is 7.97. The van der Waals surface area contributed by atoms with Crippen LogP contribution in [-0.2, 0) is 17.8 Å². The molecule has 1 amide bonds. The van der Waals surface area contributed by atoms with Crippen LogP contribution >= 0.6 is 0 Å². The van der Waals surface area contributed by atoms with E-state index in [-0.39, 0.29) is 5.91 Å². The van der Waals surface area contributed by atoms with E-state index in [0.29, 0.717) is 13.0 Å². The third-order valence-electron chi connectivity index (χ3n) is 4.47. The third kappa shape index (κ3) is 4.08. The Labute approximate surface area is 149 Å². The zero-order valence-electron chi connectivity index (χ0n) is 15.0. The number of hydrogen-bond donors (Lipinski definition) is 0. The number of para-hydroxylation sites is 2. The minimum absolute atomic E-state index is 0.185. The molecule has 1 heterocycles. The van der Waals surface area contributed by atoms with Gasteiger partial charge in [-0.3, -0.25) is 4.79 Å². The number of imidazole rings is 1. The van der Waals surface area contributed by atoms with Crippen LogP contribution < -0.4 is 0 Å². The number of aromatic nitrogens is 2. The fraction of sp³-hybridized carbons (Fsp3) is 0.333. The van der Waals surface area contributed by atoms with Crippen molar-refractivity contribution in [3.63, 3.8) is 0 Å². The van der Waals surface area contributed by atoms with E-state index in [1.807, 2.05) is 48.3 Å². The van der Waals surface area contributed by atoms with Gasteiger partial charge in [-0.05, 0) is 24.1 Å². The van der Waals surface area contributed by atoms with Gasteiger partial charge in [0.1, 0.15) is 5.82 Å². The minimum Gasteiger partial charge on any atom is -0.346 e. The Morgan fingerprint density at radius 3 is 2.56 bits per heavy atom. The lowest BCUT2D eigenvalue weighted by Crippen LogP contribution is -2.28. The smallest absolute Gasteiger partial charge is 0.224 e. The molecule has 1 aromatic heterocycles. The monoisotopic (exact) mass is 335 g/mol. The standard InChI is InChI=1S/C21H25N3O/c1-3-14-23(2)21(25)13-15-24-19-12-8-7-11-18(19)22-20(24)16-17-9-5-4-6-10-17/h4-12H,3,13-16H2,1-2H3. The lowest BCUT2D eigenvalue weighted by atomic mass is 10.1. The molecule has 0 N–H and O–H groups in total. The number of nitrogens with zero attached hydrogens (tertiary/aromatic N) is 3. The van der Waals surface area contributed by atoms with Crippen LogP contribution in [0.15, 0.2) is 54.6 Å². The Balaban J connectivity index is 1.84. The summed E-state index contributed by atoms with van der Waals surface area (Å²) in [5.74, 6) is 1.20. The minimum atomic E-state index is 0.185. The summed E-state index contributed by atoms with van der Waals surface area (Å²) in [5.41, 5.74) is 3.32. The summed E-state index contributed by atoms with van der Waals surface area (Å²) in [4.78, 5) is 18.9. The number of amides is 1. The molecule has 0 fully saturated rings. The van der Waals surface area contributed by atoms with E-state index in [1.54, 1.807) is 0 Å². The van der Waals surface area contributed by atoms with Crippen LogP contribution in [0.5, 0.6) is 0 Å². The van der Waals surface area contributed by atoms with Crippen molar-refractivity contribution in [2.45, 2.75) is 32.7 Å². The van der Waals surface area contributed by atoms with Crippen molar-refractivity contribution >= 4 is 16.9 Å². The van der Waals surface area contributed by atoms with Gasteiger partial charge in [0.2, 0.25) is 5.91 Å². The summed E-state index contributed by atoms with van der Waals surface area (Å²) in [5, 5.41) is 0. The van der Waals surface area contributed by atoms with E-state index < -0.39 is 0 Å². The maximum Gasteiger partial charge on any atom is 0.224 e. The lowest BCUT2D eigenvalue weighted by molar-refractivity contribution is -0.130. The van der Waals surface area contributed by atoms with Crippen molar-refractivity contribution in [3.05, 3.63) is 66.0 Å². The zero-order chi connectivity index (χ0) is 17.6. The number of carbonyl (C=O) groups excluding carboxylic acids is 1. The first-order valence-corrected chi connectivity index (χ1v) is 8.91. The summed E-state index contributed by atoms with van der Waals surface area (Å²) in [6.07, 6.45) is 2.25. The average molecular weight is 335 g/mol. The van der Waals surface area contributed by atoms with Crippen LogP contribution in [0.1, 0.15) is 31.2 Å². The number of aryl methyl sites for hydroxylation is 1. The van der Waals surface area contributed by atoms with E-state index in [2.05, 4.69) is 29.7 Å². The van der Waals surface area contributed by atoms with E-state index >= 15 is 0 Å². The summed E-state index contributed by atoms with van der Waals surface area (Å²) >= 11 is 0. The second-order valence-electron chi connectivity index (χ2n) is 6.40. The first-order valence-electron chi connectivity index (χ1n) is 8.91. The maximum atomic E-state index is 12.3. The molecule has 3 rings (SSSR count). The molecule has 4 heteroatoms. The largest absolute Gasteiger partial charge is 0.346 e. The molecule has 0 saturated heterocycles. The molecule has 0 spiro atoms. The molecular formula is C21H25N3O. The Bertz CT molecular complexity index is 839. The molecule has 0 aliphatic rings. The number of hydrogen-bond acceptors (Lipinski definition) is 2. The Hall–Kier alpha value is -2.62. The van der Waals surface area contributed by atoms with Crippen molar-refractivity contribution in [3.8, 4) is 0 Å². The van der Waals surface area contributed by atoms with Gasteiger partial charge in [0.15, 0.2) is 0 Å². The second-order valence-corrected chi connectivity index (χ2v) is 6.40. The predicted octanol–water partition coefficient (Wildman–Crippen LogP) is 3.89. The quantitative estimate of drug-likeness (QED) is 0.657. The molecule has 130 valence electrons. The number of fused-ring (bicyclic) bond motifs is 1. The van der Waals surface area contributed by atoms with E-state index in [1.165, 1.54) is 5.56 Å². The van der Waals surface area contributed by atoms with Gasteiger partial charge in [-0.15, -0.1) is 0 Å². The predicted molar refractivity (Wildman–Crippen MR) is 102 cm³/mol. The molecule has 4 nitrogen and oxygen atoms in total. The van der Waals surface area contributed by atoms with Crippen LogP contribution in [0.25, 0.3) is 11.0 Å². The van der Waals surface area contributed by atoms with Gasteiger partial charge in [-0.25, -0.2) is 4.98 Å². The van der Waals surface area contributed by atoms with Crippen LogP contribution in [-0.4, -0.2) is 34.0 Å². The third-order valence-corrected chi connectivity index (χ3v) is 4.47. The first kappa shape index (κ1) is 17.2. The number of carbonyl (C=O) groups is 1. The van der Waals surface area contributed by atoms with Gasteiger partial charge in [0.05, 0.1) is 11.0 Å². The van der Waals surface area contributed by atoms with Crippen LogP contribution in [0.2, 0.25) is 0 Å². The average Bonchev–Trinajstić information content (AvgIpc) is 2.97. The molecule has 3 aromatic rings. The van der Waals surface area contributed by atoms with E-state index in [9.17, 15) is 4.79 Å². The first-order chi connectivity index (χ1) is 12.2. The highest BCUT2D eigenvalue weighted by Gasteiger charge is 2.14. The van der Waals surface area contributed by atoms with Crippen LogP contribution in [0.4, 0.5) is 0 Å². The molecule has 0 bridgehead atoms. The summed E-state index contributed by atoms with van der Waals surface area (Å²) in [6, 6.07) is 18.5. The van der Waals surface area contributed by atoms with E-state index in [0.717, 1.165) is 36.2 Å². The zero-order valence-corrected chi connectivity index (χ0v) is 15.0. The molecule has 0 aliphatic carbocycles.